The second kappa shape index (κ2) is 7.69. The molecule has 0 aliphatic carbocycles. The van der Waals surface area contributed by atoms with Crippen LogP contribution in [-0.2, 0) is 11.2 Å². The molecule has 0 saturated carbocycles. The summed E-state index contributed by atoms with van der Waals surface area (Å²) >= 11 is 0. The number of carboxylic acids is 1. The lowest BCUT2D eigenvalue weighted by Gasteiger charge is -2.21. The maximum absolute atomic E-state index is 12.2. The third kappa shape index (κ3) is 4.19. The monoisotopic (exact) mass is 348 g/mol. The quantitative estimate of drug-likeness (QED) is 0.681. The van der Waals surface area contributed by atoms with E-state index in [0.717, 1.165) is 25.2 Å². The van der Waals surface area contributed by atoms with Crippen LogP contribution in [0.1, 0.15) is 36.6 Å². The standard InChI is InChI=1S/C17H24N4O4/c22-14(13-4-3-12-2-1-7-18-16(12)19-13)5-8-20-10-11-21(17(20)25)9-6-15(23)24/h3-4,14,22H,1-2,5-11H2,(H,18,19)(H,23,24). The second-order valence-corrected chi connectivity index (χ2v) is 6.48. The Bertz CT molecular complexity index is 652. The van der Waals surface area contributed by atoms with Crippen LogP contribution in [0.25, 0.3) is 0 Å². The Morgan fingerprint density at radius 3 is 2.80 bits per heavy atom. The summed E-state index contributed by atoms with van der Waals surface area (Å²) in [6, 6.07) is 3.69. The number of nitrogens with zero attached hydrogens (tertiary/aromatic N) is 3. The summed E-state index contributed by atoms with van der Waals surface area (Å²) in [7, 11) is 0. The van der Waals surface area contributed by atoms with Crippen molar-refractivity contribution in [1.82, 2.24) is 14.8 Å². The van der Waals surface area contributed by atoms with Crippen LogP contribution in [0.4, 0.5) is 10.6 Å². The molecule has 0 spiro atoms. The Hall–Kier alpha value is -2.35. The average molecular weight is 348 g/mol. The maximum Gasteiger partial charge on any atom is 0.320 e. The summed E-state index contributed by atoms with van der Waals surface area (Å²) in [4.78, 5) is 30.5. The first-order valence-electron chi connectivity index (χ1n) is 8.72. The van der Waals surface area contributed by atoms with Crippen molar-refractivity contribution in [2.45, 2.75) is 31.8 Å². The van der Waals surface area contributed by atoms with E-state index < -0.39 is 12.1 Å². The van der Waals surface area contributed by atoms with Gasteiger partial charge in [0.2, 0.25) is 0 Å². The number of anilines is 1. The van der Waals surface area contributed by atoms with Crippen LogP contribution in [0.3, 0.4) is 0 Å². The van der Waals surface area contributed by atoms with Gasteiger partial charge >= 0.3 is 12.0 Å². The van der Waals surface area contributed by atoms with Crippen molar-refractivity contribution >= 4 is 17.8 Å². The van der Waals surface area contributed by atoms with Gasteiger partial charge in [0.1, 0.15) is 5.82 Å². The largest absolute Gasteiger partial charge is 0.481 e. The molecule has 0 bridgehead atoms. The van der Waals surface area contributed by atoms with Crippen LogP contribution in [0.2, 0.25) is 0 Å². The average Bonchev–Trinajstić information content (AvgIpc) is 2.97. The molecule has 8 heteroatoms. The molecule has 1 unspecified atom stereocenters. The highest BCUT2D eigenvalue weighted by molar-refractivity contribution is 5.77. The van der Waals surface area contributed by atoms with Gasteiger partial charge in [0.25, 0.3) is 0 Å². The van der Waals surface area contributed by atoms with Crippen molar-refractivity contribution in [2.75, 3.05) is 38.0 Å². The minimum atomic E-state index is -0.909. The van der Waals surface area contributed by atoms with Gasteiger partial charge in [0.15, 0.2) is 0 Å². The Morgan fingerprint density at radius 1 is 1.28 bits per heavy atom. The van der Waals surface area contributed by atoms with E-state index in [1.807, 2.05) is 12.1 Å². The van der Waals surface area contributed by atoms with Gasteiger partial charge in [-0.15, -0.1) is 0 Å². The lowest BCUT2D eigenvalue weighted by molar-refractivity contribution is -0.137. The van der Waals surface area contributed by atoms with Gasteiger partial charge in [-0.05, 0) is 30.9 Å². The molecule has 1 fully saturated rings. The number of aryl methyl sites for hydroxylation is 1. The first-order chi connectivity index (χ1) is 12.0. The van der Waals surface area contributed by atoms with Crippen molar-refractivity contribution < 1.29 is 19.8 Å². The van der Waals surface area contributed by atoms with Crippen molar-refractivity contribution in [2.24, 2.45) is 0 Å². The van der Waals surface area contributed by atoms with E-state index >= 15 is 0 Å². The van der Waals surface area contributed by atoms with Crippen LogP contribution < -0.4 is 5.32 Å². The van der Waals surface area contributed by atoms with E-state index in [1.165, 1.54) is 5.56 Å². The number of aliphatic carboxylic acids is 1. The van der Waals surface area contributed by atoms with E-state index in [4.69, 9.17) is 5.11 Å². The first kappa shape index (κ1) is 17.5. The van der Waals surface area contributed by atoms with Gasteiger partial charge in [-0.3, -0.25) is 4.79 Å². The highest BCUT2D eigenvalue weighted by atomic mass is 16.4. The second-order valence-electron chi connectivity index (χ2n) is 6.48. The predicted molar refractivity (Wildman–Crippen MR) is 91.4 cm³/mol. The fraction of sp³-hybridized carbons (Fsp3) is 0.588. The van der Waals surface area contributed by atoms with Crippen LogP contribution in [0, 0.1) is 0 Å². The lowest BCUT2D eigenvalue weighted by Crippen LogP contribution is -2.34. The SMILES string of the molecule is O=C(O)CCN1CCN(CCC(O)c2ccc3c(n2)NCCC3)C1=O. The molecule has 0 aromatic carbocycles. The number of fused-ring (bicyclic) bond motifs is 1. The minimum absolute atomic E-state index is 0.0474. The Labute approximate surface area is 146 Å². The van der Waals surface area contributed by atoms with Crippen LogP contribution in [-0.4, -0.2) is 69.7 Å². The molecular formula is C17H24N4O4. The summed E-state index contributed by atoms with van der Waals surface area (Å²) in [5, 5.41) is 22.4. The molecule has 25 heavy (non-hydrogen) atoms. The van der Waals surface area contributed by atoms with Gasteiger partial charge in [0.05, 0.1) is 18.2 Å². The molecule has 3 heterocycles. The number of aliphatic hydroxyl groups excluding tert-OH is 1. The highest BCUT2D eigenvalue weighted by Gasteiger charge is 2.28. The number of amides is 2. The number of pyridine rings is 1. The Kier molecular flexibility index (Phi) is 5.37. The van der Waals surface area contributed by atoms with E-state index in [-0.39, 0.29) is 19.0 Å². The fourth-order valence-corrected chi connectivity index (χ4v) is 3.23. The zero-order chi connectivity index (χ0) is 17.8. The van der Waals surface area contributed by atoms with E-state index in [0.29, 0.717) is 31.7 Å². The van der Waals surface area contributed by atoms with Crippen molar-refractivity contribution in [3.63, 3.8) is 0 Å². The van der Waals surface area contributed by atoms with E-state index in [9.17, 15) is 14.7 Å². The number of aliphatic hydroxyl groups is 1. The number of aromatic nitrogens is 1. The van der Waals surface area contributed by atoms with Crippen molar-refractivity contribution in [3.05, 3.63) is 23.4 Å². The van der Waals surface area contributed by atoms with Gasteiger partial charge in [-0.2, -0.15) is 0 Å². The molecule has 1 saturated heterocycles. The number of carbonyl (C=O) groups is 2. The van der Waals surface area contributed by atoms with Gasteiger partial charge in [0, 0.05) is 32.7 Å². The fourth-order valence-electron chi connectivity index (χ4n) is 3.23. The Morgan fingerprint density at radius 2 is 2.04 bits per heavy atom. The van der Waals surface area contributed by atoms with Gasteiger partial charge in [-0.1, -0.05) is 6.07 Å². The molecule has 2 amide bonds. The number of nitrogens with one attached hydrogen (secondary N) is 1. The third-order valence-corrected chi connectivity index (χ3v) is 4.71. The van der Waals surface area contributed by atoms with Crippen molar-refractivity contribution in [1.29, 1.82) is 0 Å². The number of carboxylic acid groups (broad SMARTS) is 1. The zero-order valence-corrected chi connectivity index (χ0v) is 14.1. The summed E-state index contributed by atoms with van der Waals surface area (Å²) in [6.45, 7) is 2.64. The van der Waals surface area contributed by atoms with Crippen molar-refractivity contribution in [3.8, 4) is 0 Å². The van der Waals surface area contributed by atoms with E-state index in [2.05, 4.69) is 10.3 Å². The summed E-state index contributed by atoms with van der Waals surface area (Å²) < 4.78 is 0. The summed E-state index contributed by atoms with van der Waals surface area (Å²) in [5.41, 5.74) is 1.79. The number of urea groups is 1. The molecule has 1 atom stereocenters. The number of hydrogen-bond acceptors (Lipinski definition) is 5. The molecule has 2 aliphatic rings. The molecule has 1 aromatic rings. The van der Waals surface area contributed by atoms with Gasteiger partial charge in [-0.25, -0.2) is 9.78 Å². The number of hydrogen-bond donors (Lipinski definition) is 3. The Balaban J connectivity index is 1.51. The molecule has 8 nitrogen and oxygen atoms in total. The molecule has 3 N–H and O–H groups in total. The van der Waals surface area contributed by atoms with Crippen LogP contribution >= 0.6 is 0 Å². The zero-order valence-electron chi connectivity index (χ0n) is 14.1. The van der Waals surface area contributed by atoms with E-state index in [1.54, 1.807) is 9.80 Å². The molecule has 2 aliphatic heterocycles. The molecule has 0 radical (unpaired) electrons. The van der Waals surface area contributed by atoms with Crippen LogP contribution in [0.5, 0.6) is 0 Å². The predicted octanol–water partition coefficient (Wildman–Crippen LogP) is 1.08. The first-order valence-corrected chi connectivity index (χ1v) is 8.72. The highest BCUT2D eigenvalue weighted by Crippen LogP contribution is 2.24. The van der Waals surface area contributed by atoms with Gasteiger partial charge < -0.3 is 25.3 Å². The molecule has 1 aromatic heterocycles. The number of carbonyl (C=O) groups excluding carboxylic acids is 1. The molecule has 3 rings (SSSR count). The molecule has 136 valence electrons. The van der Waals surface area contributed by atoms with Crippen LogP contribution in [0.15, 0.2) is 12.1 Å². The number of rotatable bonds is 7. The third-order valence-electron chi connectivity index (χ3n) is 4.71. The minimum Gasteiger partial charge on any atom is -0.481 e. The smallest absolute Gasteiger partial charge is 0.320 e. The topological polar surface area (TPSA) is 106 Å². The lowest BCUT2D eigenvalue weighted by atomic mass is 10.1. The maximum atomic E-state index is 12.2. The molecular weight excluding hydrogens is 324 g/mol. The summed E-state index contributed by atoms with van der Waals surface area (Å²) in [5.74, 6) is -0.0614. The normalized spacial score (nSPS) is 18.0. The summed E-state index contributed by atoms with van der Waals surface area (Å²) in [6.07, 6.45) is 1.72.